The Bertz CT molecular complexity index is 391. The molecule has 1 unspecified atom stereocenters. The van der Waals surface area contributed by atoms with Crippen LogP contribution in [0.1, 0.15) is 39.4 Å². The second-order valence-electron chi connectivity index (χ2n) is 6.31. The molecule has 116 valence electrons. The van der Waals surface area contributed by atoms with E-state index >= 15 is 0 Å². The Morgan fingerprint density at radius 2 is 2.20 bits per heavy atom. The fourth-order valence-electron chi connectivity index (χ4n) is 2.50. The van der Waals surface area contributed by atoms with Gasteiger partial charge in [0.1, 0.15) is 5.82 Å². The van der Waals surface area contributed by atoms with Crippen molar-refractivity contribution in [2.45, 2.75) is 51.7 Å². The second kappa shape index (κ2) is 7.76. The largest absolute Gasteiger partial charge is 0.394 e. The fourth-order valence-corrected chi connectivity index (χ4v) is 2.50. The van der Waals surface area contributed by atoms with Crippen molar-refractivity contribution >= 4 is 0 Å². The normalized spacial score (nSPS) is 15.0. The second-order valence-corrected chi connectivity index (χ2v) is 6.31. The first kappa shape index (κ1) is 17.1. The van der Waals surface area contributed by atoms with E-state index in [4.69, 9.17) is 0 Å². The number of aliphatic hydroxyl groups is 1. The number of hydrogen-bond acceptors (Lipinski definition) is 4. The minimum atomic E-state index is -0.182. The van der Waals surface area contributed by atoms with Gasteiger partial charge >= 0.3 is 0 Å². The fraction of sp³-hybridized carbons (Fsp3) is 0.800. The average molecular weight is 282 g/mol. The number of nitrogens with zero attached hydrogens (tertiary/aromatic N) is 3. The Balaban J connectivity index is 2.33. The van der Waals surface area contributed by atoms with Crippen molar-refractivity contribution in [1.82, 2.24) is 19.8 Å². The van der Waals surface area contributed by atoms with E-state index in [1.165, 1.54) is 0 Å². The molecule has 0 aliphatic rings. The maximum atomic E-state index is 9.55. The predicted octanol–water partition coefficient (Wildman–Crippen LogP) is 1.38. The van der Waals surface area contributed by atoms with E-state index in [1.54, 1.807) is 0 Å². The van der Waals surface area contributed by atoms with Gasteiger partial charge < -0.3 is 15.0 Å². The van der Waals surface area contributed by atoms with Crippen LogP contribution in [0.5, 0.6) is 0 Å². The molecule has 0 radical (unpaired) electrons. The molecule has 0 saturated carbocycles. The number of hydrogen-bond donors (Lipinski definition) is 2. The monoisotopic (exact) mass is 282 g/mol. The molecular weight excluding hydrogens is 252 g/mol. The van der Waals surface area contributed by atoms with E-state index in [0.29, 0.717) is 6.04 Å². The molecule has 0 aliphatic carbocycles. The zero-order valence-corrected chi connectivity index (χ0v) is 13.6. The highest BCUT2D eigenvalue weighted by Crippen LogP contribution is 2.13. The highest BCUT2D eigenvalue weighted by atomic mass is 16.3. The van der Waals surface area contributed by atoms with Crippen molar-refractivity contribution < 1.29 is 5.11 Å². The molecule has 0 spiro atoms. The Morgan fingerprint density at radius 3 is 2.70 bits per heavy atom. The lowest BCUT2D eigenvalue weighted by molar-refractivity contribution is 0.149. The lowest BCUT2D eigenvalue weighted by atomic mass is 9.95. The van der Waals surface area contributed by atoms with E-state index in [2.05, 4.69) is 47.6 Å². The Kier molecular flexibility index (Phi) is 6.65. The summed E-state index contributed by atoms with van der Waals surface area (Å²) in [6.45, 7) is 8.35. The van der Waals surface area contributed by atoms with Crippen LogP contribution < -0.4 is 5.32 Å². The molecule has 0 fully saturated rings. The quantitative estimate of drug-likeness (QED) is 0.718. The van der Waals surface area contributed by atoms with Gasteiger partial charge in [0.05, 0.1) is 13.2 Å². The topological polar surface area (TPSA) is 53.3 Å². The molecule has 0 amide bonds. The van der Waals surface area contributed by atoms with Crippen LogP contribution in [0.25, 0.3) is 0 Å². The van der Waals surface area contributed by atoms with Crippen LogP contribution in [-0.2, 0) is 13.6 Å². The molecule has 5 nitrogen and oxygen atoms in total. The summed E-state index contributed by atoms with van der Waals surface area (Å²) in [5.41, 5.74) is -0.182. The summed E-state index contributed by atoms with van der Waals surface area (Å²) < 4.78 is 2.05. The SMILES string of the molecule is CC(C)NC(C)(CO)CCCN(C)Cc1nccn1C. The molecule has 0 saturated heterocycles. The molecule has 1 aromatic rings. The van der Waals surface area contributed by atoms with Gasteiger partial charge in [-0.1, -0.05) is 13.8 Å². The number of imidazole rings is 1. The van der Waals surface area contributed by atoms with Crippen LogP contribution >= 0.6 is 0 Å². The number of aryl methyl sites for hydroxylation is 1. The van der Waals surface area contributed by atoms with Gasteiger partial charge in [0.15, 0.2) is 0 Å². The van der Waals surface area contributed by atoms with Crippen molar-refractivity contribution in [3.05, 3.63) is 18.2 Å². The molecule has 20 heavy (non-hydrogen) atoms. The van der Waals surface area contributed by atoms with Crippen molar-refractivity contribution in [2.75, 3.05) is 20.2 Å². The van der Waals surface area contributed by atoms with E-state index in [9.17, 15) is 5.11 Å². The van der Waals surface area contributed by atoms with Crippen LogP contribution in [0.15, 0.2) is 12.4 Å². The smallest absolute Gasteiger partial charge is 0.122 e. The van der Waals surface area contributed by atoms with Gasteiger partial charge in [-0.3, -0.25) is 4.90 Å². The van der Waals surface area contributed by atoms with Gasteiger partial charge in [-0.15, -0.1) is 0 Å². The average Bonchev–Trinajstić information content (AvgIpc) is 2.74. The van der Waals surface area contributed by atoms with Crippen molar-refractivity contribution in [1.29, 1.82) is 0 Å². The summed E-state index contributed by atoms with van der Waals surface area (Å²) in [5, 5.41) is 13.0. The molecule has 0 aromatic carbocycles. The summed E-state index contributed by atoms with van der Waals surface area (Å²) in [5.74, 6) is 1.08. The Hall–Kier alpha value is -0.910. The lowest BCUT2D eigenvalue weighted by Gasteiger charge is -2.31. The molecule has 2 N–H and O–H groups in total. The summed E-state index contributed by atoms with van der Waals surface area (Å²) in [6.07, 6.45) is 5.82. The first-order valence-electron chi connectivity index (χ1n) is 7.39. The third-order valence-corrected chi connectivity index (χ3v) is 3.59. The van der Waals surface area contributed by atoms with Gasteiger partial charge in [-0.25, -0.2) is 4.98 Å². The first-order valence-corrected chi connectivity index (χ1v) is 7.39. The molecule has 1 aromatic heterocycles. The molecule has 1 rings (SSSR count). The summed E-state index contributed by atoms with van der Waals surface area (Å²) in [6, 6.07) is 0.387. The maximum absolute atomic E-state index is 9.55. The highest BCUT2D eigenvalue weighted by Gasteiger charge is 2.23. The van der Waals surface area contributed by atoms with Crippen LogP contribution in [0.3, 0.4) is 0 Å². The zero-order chi connectivity index (χ0) is 15.2. The number of rotatable bonds is 9. The third-order valence-electron chi connectivity index (χ3n) is 3.59. The standard InChI is InChI=1S/C15H30N4O/c1-13(2)17-15(3,12-20)7-6-9-18(4)11-14-16-8-10-19(14)5/h8,10,13,17,20H,6-7,9,11-12H2,1-5H3. The van der Waals surface area contributed by atoms with Gasteiger partial charge in [-0.05, 0) is 33.4 Å². The number of aromatic nitrogens is 2. The Labute approximate surface area is 123 Å². The van der Waals surface area contributed by atoms with Crippen LogP contribution in [0, 0.1) is 0 Å². The molecular formula is C15H30N4O. The minimum Gasteiger partial charge on any atom is -0.394 e. The van der Waals surface area contributed by atoms with Gasteiger partial charge in [0, 0.05) is 31.0 Å². The van der Waals surface area contributed by atoms with Gasteiger partial charge in [0.25, 0.3) is 0 Å². The first-order chi connectivity index (χ1) is 9.36. The zero-order valence-electron chi connectivity index (χ0n) is 13.6. The van der Waals surface area contributed by atoms with Crippen LogP contribution in [-0.4, -0.2) is 51.3 Å². The van der Waals surface area contributed by atoms with Gasteiger partial charge in [-0.2, -0.15) is 0 Å². The predicted molar refractivity (Wildman–Crippen MR) is 82.5 cm³/mol. The van der Waals surface area contributed by atoms with E-state index < -0.39 is 0 Å². The summed E-state index contributed by atoms with van der Waals surface area (Å²) in [7, 11) is 4.13. The van der Waals surface area contributed by atoms with Crippen molar-refractivity contribution in [3.63, 3.8) is 0 Å². The van der Waals surface area contributed by atoms with Crippen LogP contribution in [0.2, 0.25) is 0 Å². The van der Waals surface area contributed by atoms with E-state index in [1.807, 2.05) is 19.4 Å². The number of nitrogens with one attached hydrogen (secondary N) is 1. The summed E-state index contributed by atoms with van der Waals surface area (Å²) in [4.78, 5) is 6.61. The maximum Gasteiger partial charge on any atom is 0.122 e. The molecule has 0 aliphatic heterocycles. The molecule has 0 bridgehead atoms. The molecule has 1 heterocycles. The van der Waals surface area contributed by atoms with Crippen molar-refractivity contribution in [3.8, 4) is 0 Å². The van der Waals surface area contributed by atoms with Crippen molar-refractivity contribution in [2.24, 2.45) is 7.05 Å². The van der Waals surface area contributed by atoms with Gasteiger partial charge in [0.2, 0.25) is 0 Å². The van der Waals surface area contributed by atoms with Crippen LogP contribution in [0.4, 0.5) is 0 Å². The highest BCUT2D eigenvalue weighted by molar-refractivity contribution is 4.90. The minimum absolute atomic E-state index is 0.175. The lowest BCUT2D eigenvalue weighted by Crippen LogP contribution is -2.49. The summed E-state index contributed by atoms with van der Waals surface area (Å²) >= 11 is 0. The third kappa shape index (κ3) is 5.61. The van der Waals surface area contributed by atoms with E-state index in [0.717, 1.165) is 31.8 Å². The molecule has 1 atom stereocenters. The number of aliphatic hydroxyl groups excluding tert-OH is 1. The van der Waals surface area contributed by atoms with E-state index in [-0.39, 0.29) is 12.1 Å². The molecule has 5 heteroatoms. The Morgan fingerprint density at radius 1 is 1.50 bits per heavy atom.